The predicted octanol–water partition coefficient (Wildman–Crippen LogP) is 3.81. The van der Waals surface area contributed by atoms with E-state index >= 15 is 0 Å². The summed E-state index contributed by atoms with van der Waals surface area (Å²) in [6.45, 7) is 5.41. The maximum absolute atomic E-state index is 13.3. The van der Waals surface area contributed by atoms with Gasteiger partial charge in [-0.3, -0.25) is 4.79 Å². The number of amides is 1. The first kappa shape index (κ1) is 18.8. The fourth-order valence-electron chi connectivity index (χ4n) is 3.36. The van der Waals surface area contributed by atoms with Crippen molar-refractivity contribution in [2.24, 2.45) is 5.92 Å². The number of carbonyl (C=O) groups is 1. The van der Waals surface area contributed by atoms with E-state index < -0.39 is 0 Å². The number of carbonyl (C=O) groups excluding carboxylic acids is 1. The number of halogens is 1. The van der Waals surface area contributed by atoms with Gasteiger partial charge in [0.1, 0.15) is 5.82 Å². The number of nitrogens with zero attached hydrogens (tertiary/aromatic N) is 3. The Morgan fingerprint density at radius 1 is 1.19 bits per heavy atom. The van der Waals surface area contributed by atoms with Gasteiger partial charge in [0.2, 0.25) is 5.91 Å². The summed E-state index contributed by atoms with van der Waals surface area (Å²) in [5.74, 6) is 0.844. The lowest BCUT2D eigenvalue weighted by molar-refractivity contribution is -0.129. The Bertz CT molecular complexity index is 755. The lowest BCUT2D eigenvalue weighted by Gasteiger charge is -2.32. The molecule has 0 atom stereocenters. The van der Waals surface area contributed by atoms with Crippen LogP contribution in [0.2, 0.25) is 0 Å². The zero-order valence-corrected chi connectivity index (χ0v) is 16.1. The molecule has 0 N–H and O–H groups in total. The van der Waals surface area contributed by atoms with Crippen molar-refractivity contribution in [1.82, 2.24) is 14.9 Å². The Morgan fingerprint density at radius 3 is 2.54 bits per heavy atom. The molecule has 0 spiro atoms. The summed E-state index contributed by atoms with van der Waals surface area (Å²) in [4.78, 5) is 23.1. The first-order valence-corrected chi connectivity index (χ1v) is 9.95. The zero-order valence-electron chi connectivity index (χ0n) is 15.2. The number of benzene rings is 1. The third kappa shape index (κ3) is 5.27. The highest BCUT2D eigenvalue weighted by molar-refractivity contribution is 7.99. The van der Waals surface area contributed by atoms with Crippen LogP contribution in [0.1, 0.15) is 29.8 Å². The second-order valence-electron chi connectivity index (χ2n) is 6.88. The molecule has 1 aliphatic rings. The summed E-state index contributed by atoms with van der Waals surface area (Å²) in [5, 5.41) is 0.664. The Labute approximate surface area is 158 Å². The molecule has 2 aromatic rings. The fraction of sp³-hybridized carbons (Fsp3) is 0.450. The van der Waals surface area contributed by atoms with Crippen molar-refractivity contribution in [3.8, 4) is 0 Å². The average molecular weight is 373 g/mol. The van der Waals surface area contributed by atoms with Crippen LogP contribution in [0.15, 0.2) is 35.5 Å². The summed E-state index contributed by atoms with van der Waals surface area (Å²) in [6, 6.07) is 8.74. The molecule has 138 valence electrons. The van der Waals surface area contributed by atoms with E-state index in [1.807, 2.05) is 30.9 Å². The van der Waals surface area contributed by atoms with E-state index in [4.69, 9.17) is 0 Å². The predicted molar refractivity (Wildman–Crippen MR) is 102 cm³/mol. The van der Waals surface area contributed by atoms with E-state index in [2.05, 4.69) is 9.97 Å². The van der Waals surface area contributed by atoms with Crippen molar-refractivity contribution in [1.29, 1.82) is 0 Å². The van der Waals surface area contributed by atoms with Gasteiger partial charge < -0.3 is 4.90 Å². The van der Waals surface area contributed by atoms with E-state index in [9.17, 15) is 9.18 Å². The first-order chi connectivity index (χ1) is 12.5. The van der Waals surface area contributed by atoms with Gasteiger partial charge in [-0.15, -0.1) is 0 Å². The Hall–Kier alpha value is -1.95. The molecular formula is C20H24FN3OS. The molecule has 0 saturated carbocycles. The minimum atomic E-state index is -0.180. The Balaban J connectivity index is 1.46. The second kappa shape index (κ2) is 8.62. The van der Waals surface area contributed by atoms with Crippen molar-refractivity contribution in [2.75, 3.05) is 18.8 Å². The molecular weight excluding hydrogens is 349 g/mol. The van der Waals surface area contributed by atoms with Crippen LogP contribution in [0.5, 0.6) is 0 Å². The van der Waals surface area contributed by atoms with Gasteiger partial charge in [-0.2, -0.15) is 0 Å². The zero-order chi connectivity index (χ0) is 18.5. The molecule has 1 fully saturated rings. The molecule has 0 unspecified atom stereocenters. The Morgan fingerprint density at radius 2 is 1.88 bits per heavy atom. The van der Waals surface area contributed by atoms with Gasteiger partial charge in [0.05, 0.1) is 5.75 Å². The number of aromatic nitrogens is 2. The van der Waals surface area contributed by atoms with Crippen LogP contribution in [0.25, 0.3) is 0 Å². The normalized spacial score (nSPS) is 15.3. The number of aryl methyl sites for hydroxylation is 2. The first-order valence-electron chi connectivity index (χ1n) is 8.97. The number of rotatable bonds is 5. The van der Waals surface area contributed by atoms with Crippen molar-refractivity contribution in [3.63, 3.8) is 0 Å². The molecule has 3 rings (SSSR count). The highest BCUT2D eigenvalue weighted by Gasteiger charge is 2.23. The summed E-state index contributed by atoms with van der Waals surface area (Å²) < 4.78 is 13.3. The highest BCUT2D eigenvalue weighted by Crippen LogP contribution is 2.23. The minimum Gasteiger partial charge on any atom is -0.342 e. The molecule has 1 amide bonds. The van der Waals surface area contributed by atoms with Gasteiger partial charge in [0.25, 0.3) is 0 Å². The quantitative estimate of drug-likeness (QED) is 0.591. The molecule has 2 heterocycles. The molecule has 0 bridgehead atoms. The van der Waals surface area contributed by atoms with E-state index in [0.29, 0.717) is 16.8 Å². The van der Waals surface area contributed by atoms with Gasteiger partial charge in [-0.05, 0) is 62.8 Å². The largest absolute Gasteiger partial charge is 0.342 e. The van der Waals surface area contributed by atoms with E-state index in [1.54, 1.807) is 12.1 Å². The monoisotopic (exact) mass is 373 g/mol. The molecule has 4 nitrogen and oxygen atoms in total. The minimum absolute atomic E-state index is 0.141. The van der Waals surface area contributed by atoms with Crippen LogP contribution in [0.3, 0.4) is 0 Å². The molecule has 1 aliphatic heterocycles. The number of hydrogen-bond acceptors (Lipinski definition) is 4. The van der Waals surface area contributed by atoms with Crippen molar-refractivity contribution in [3.05, 3.63) is 53.1 Å². The summed E-state index contributed by atoms with van der Waals surface area (Å²) in [6.07, 6.45) is 2.81. The van der Waals surface area contributed by atoms with Gasteiger partial charge >= 0.3 is 0 Å². The fourth-order valence-corrected chi connectivity index (χ4v) is 4.21. The van der Waals surface area contributed by atoms with Crippen LogP contribution in [-0.2, 0) is 11.2 Å². The number of piperidine rings is 1. The molecule has 1 saturated heterocycles. The van der Waals surface area contributed by atoms with Crippen LogP contribution < -0.4 is 0 Å². The summed E-state index contributed by atoms with van der Waals surface area (Å²) in [5.41, 5.74) is 2.88. The van der Waals surface area contributed by atoms with E-state index in [-0.39, 0.29) is 11.7 Å². The number of likely N-dealkylation sites (tertiary alicyclic amines) is 1. The number of thioether (sulfide) groups is 1. The summed E-state index contributed by atoms with van der Waals surface area (Å²) in [7, 11) is 0. The van der Waals surface area contributed by atoms with Crippen molar-refractivity contribution in [2.45, 2.75) is 38.3 Å². The van der Waals surface area contributed by atoms with E-state index in [0.717, 1.165) is 49.3 Å². The number of hydrogen-bond donors (Lipinski definition) is 0. The van der Waals surface area contributed by atoms with E-state index in [1.165, 1.54) is 17.8 Å². The molecule has 0 aliphatic carbocycles. The van der Waals surface area contributed by atoms with Crippen LogP contribution in [-0.4, -0.2) is 39.6 Å². The third-order valence-corrected chi connectivity index (χ3v) is 5.50. The summed E-state index contributed by atoms with van der Waals surface area (Å²) >= 11 is 1.40. The lowest BCUT2D eigenvalue weighted by atomic mass is 9.90. The van der Waals surface area contributed by atoms with Crippen LogP contribution in [0, 0.1) is 25.6 Å². The maximum atomic E-state index is 13.3. The van der Waals surface area contributed by atoms with Gasteiger partial charge in [0, 0.05) is 24.5 Å². The molecule has 1 aromatic carbocycles. The van der Waals surface area contributed by atoms with Gasteiger partial charge in [-0.25, -0.2) is 14.4 Å². The average Bonchev–Trinajstić information content (AvgIpc) is 2.59. The topological polar surface area (TPSA) is 46.1 Å². The standard InChI is InChI=1S/C20H24FN3OS/c1-14-10-15(2)23-20(22-14)26-13-19(25)24-8-6-16(7-9-24)11-17-4-3-5-18(21)12-17/h3-5,10,12,16H,6-9,11,13H2,1-2H3. The third-order valence-electron chi connectivity index (χ3n) is 4.67. The molecule has 6 heteroatoms. The maximum Gasteiger partial charge on any atom is 0.233 e. The lowest BCUT2D eigenvalue weighted by Crippen LogP contribution is -2.39. The van der Waals surface area contributed by atoms with Gasteiger partial charge in [-0.1, -0.05) is 23.9 Å². The van der Waals surface area contributed by atoms with Crippen molar-refractivity contribution < 1.29 is 9.18 Å². The molecule has 26 heavy (non-hydrogen) atoms. The van der Waals surface area contributed by atoms with Gasteiger partial charge in [0.15, 0.2) is 5.16 Å². The second-order valence-corrected chi connectivity index (χ2v) is 7.82. The smallest absolute Gasteiger partial charge is 0.233 e. The van der Waals surface area contributed by atoms with Crippen LogP contribution >= 0.6 is 11.8 Å². The molecule has 1 aromatic heterocycles. The molecule has 0 radical (unpaired) electrons. The van der Waals surface area contributed by atoms with Crippen molar-refractivity contribution >= 4 is 17.7 Å². The van der Waals surface area contributed by atoms with Crippen LogP contribution in [0.4, 0.5) is 4.39 Å². The SMILES string of the molecule is Cc1cc(C)nc(SCC(=O)N2CCC(Cc3cccc(F)c3)CC2)n1. The Kier molecular flexibility index (Phi) is 6.25. The highest BCUT2D eigenvalue weighted by atomic mass is 32.2.